The van der Waals surface area contributed by atoms with Gasteiger partial charge in [-0.3, -0.25) is 10.2 Å². The lowest BCUT2D eigenvalue weighted by atomic mass is 10.3. The van der Waals surface area contributed by atoms with Crippen LogP contribution in [-0.4, -0.2) is 27.0 Å². The van der Waals surface area contributed by atoms with E-state index in [0.29, 0.717) is 12.4 Å². The fraction of sp³-hybridized carbons (Fsp3) is 0.364. The van der Waals surface area contributed by atoms with Crippen molar-refractivity contribution in [2.75, 3.05) is 6.61 Å². The zero-order chi connectivity index (χ0) is 15.3. The molecule has 1 aromatic carbocycles. The van der Waals surface area contributed by atoms with Crippen molar-refractivity contribution in [3.05, 3.63) is 23.2 Å². The van der Waals surface area contributed by atoms with Crippen LogP contribution in [0, 0.1) is 0 Å². The van der Waals surface area contributed by atoms with Crippen LogP contribution >= 0.6 is 11.6 Å². The first-order valence-corrected chi connectivity index (χ1v) is 7.63. The molecule has 1 amide bonds. The summed E-state index contributed by atoms with van der Waals surface area (Å²) >= 11 is 5.92. The minimum atomic E-state index is -3.88. The summed E-state index contributed by atoms with van der Waals surface area (Å²) in [6.45, 7) is 3.57. The topological polar surface area (TPSA) is 111 Å². The number of amides is 1. The van der Waals surface area contributed by atoms with E-state index in [1.54, 1.807) is 6.92 Å². The van der Waals surface area contributed by atoms with Crippen molar-refractivity contribution in [1.82, 2.24) is 10.1 Å². The lowest BCUT2D eigenvalue weighted by Gasteiger charge is -2.13. The van der Waals surface area contributed by atoms with Gasteiger partial charge in [0.25, 0.3) is 5.91 Å². The monoisotopic (exact) mass is 321 g/mol. The molecule has 0 bridgehead atoms. The molecule has 0 aliphatic carbocycles. The Morgan fingerprint density at radius 2 is 2.15 bits per heavy atom. The van der Waals surface area contributed by atoms with Crippen molar-refractivity contribution in [3.8, 4) is 5.75 Å². The van der Waals surface area contributed by atoms with Gasteiger partial charge in [0.2, 0.25) is 10.0 Å². The number of nitrogens with two attached hydrogens (primary N) is 1. The molecular weight excluding hydrogens is 306 g/mol. The largest absolute Gasteiger partial charge is 0.492 e. The van der Waals surface area contributed by atoms with E-state index in [9.17, 15) is 13.2 Å². The number of sulfonamides is 1. The molecule has 0 unspecified atom stereocenters. The normalized spacial score (nSPS) is 12.8. The van der Waals surface area contributed by atoms with Gasteiger partial charge in [-0.05, 0) is 32.0 Å². The van der Waals surface area contributed by atoms with Crippen LogP contribution in [0.1, 0.15) is 13.8 Å². The summed E-state index contributed by atoms with van der Waals surface area (Å²) in [5, 5.41) is 0.172. The van der Waals surface area contributed by atoms with Gasteiger partial charge in [-0.1, -0.05) is 11.6 Å². The van der Waals surface area contributed by atoms with Gasteiger partial charge in [-0.2, -0.15) is 4.72 Å². The third-order valence-electron chi connectivity index (χ3n) is 2.38. The van der Waals surface area contributed by atoms with Gasteiger partial charge in [0.15, 0.2) is 0 Å². The number of benzene rings is 1. The second-order valence-electron chi connectivity index (χ2n) is 3.88. The van der Waals surface area contributed by atoms with Crippen LogP contribution in [0.5, 0.6) is 5.75 Å². The molecule has 7 nitrogen and oxygen atoms in total. The van der Waals surface area contributed by atoms with E-state index in [4.69, 9.17) is 22.2 Å². The first kappa shape index (κ1) is 16.7. The van der Waals surface area contributed by atoms with Gasteiger partial charge in [0, 0.05) is 0 Å². The Bertz CT molecular complexity index is 591. The molecule has 0 radical (unpaired) electrons. The molecule has 0 aliphatic heterocycles. The van der Waals surface area contributed by atoms with Crippen LogP contribution in [0.2, 0.25) is 5.02 Å². The third-order valence-corrected chi connectivity index (χ3v) is 4.21. The molecule has 0 aliphatic rings. The zero-order valence-electron chi connectivity index (χ0n) is 11.0. The Morgan fingerprint density at radius 3 is 2.65 bits per heavy atom. The highest BCUT2D eigenvalue weighted by Crippen LogP contribution is 2.27. The number of nitrogens with one attached hydrogen (secondary N) is 2. The highest BCUT2D eigenvalue weighted by Gasteiger charge is 2.22. The molecule has 1 atom stereocenters. The molecule has 0 saturated carbocycles. The van der Waals surface area contributed by atoms with E-state index in [0.717, 1.165) is 0 Å². The van der Waals surface area contributed by atoms with Gasteiger partial charge < -0.3 is 4.74 Å². The zero-order valence-corrected chi connectivity index (χ0v) is 12.6. The number of ether oxygens (including phenoxy) is 1. The van der Waals surface area contributed by atoms with E-state index in [2.05, 4.69) is 4.72 Å². The Morgan fingerprint density at radius 1 is 1.50 bits per heavy atom. The number of carbonyl (C=O) groups is 1. The first-order valence-electron chi connectivity index (χ1n) is 5.77. The number of carbonyl (C=O) groups excluding carboxylic acids is 1. The number of halogens is 1. The van der Waals surface area contributed by atoms with E-state index in [-0.39, 0.29) is 9.92 Å². The summed E-state index contributed by atoms with van der Waals surface area (Å²) in [5.41, 5.74) is 1.86. The molecule has 9 heteroatoms. The van der Waals surface area contributed by atoms with Crippen LogP contribution in [-0.2, 0) is 14.8 Å². The average Bonchev–Trinajstić information content (AvgIpc) is 2.39. The summed E-state index contributed by atoms with van der Waals surface area (Å²) in [6, 6.07) is 3.04. The Labute approximate surface area is 122 Å². The number of rotatable bonds is 6. The van der Waals surface area contributed by atoms with E-state index in [1.165, 1.54) is 25.1 Å². The minimum absolute atomic E-state index is 0.0670. The van der Waals surface area contributed by atoms with Crippen LogP contribution in [0.25, 0.3) is 0 Å². The summed E-state index contributed by atoms with van der Waals surface area (Å²) < 4.78 is 31.5. The van der Waals surface area contributed by atoms with Crippen molar-refractivity contribution in [1.29, 1.82) is 0 Å². The summed E-state index contributed by atoms with van der Waals surface area (Å²) in [5.74, 6) is 4.68. The molecule has 1 rings (SSSR count). The van der Waals surface area contributed by atoms with Crippen LogP contribution in [0.4, 0.5) is 0 Å². The second-order valence-corrected chi connectivity index (χ2v) is 6.00. The van der Waals surface area contributed by atoms with Gasteiger partial charge in [0.05, 0.1) is 22.6 Å². The SMILES string of the molecule is CCOc1ccc(S(=O)(=O)N[C@H](C)C(=O)NN)cc1Cl. The van der Waals surface area contributed by atoms with Gasteiger partial charge in [-0.25, -0.2) is 14.3 Å². The Balaban J connectivity index is 2.98. The Kier molecular flexibility index (Phi) is 5.75. The highest BCUT2D eigenvalue weighted by atomic mass is 35.5. The maximum Gasteiger partial charge on any atom is 0.251 e. The van der Waals surface area contributed by atoms with Crippen molar-refractivity contribution in [2.45, 2.75) is 24.8 Å². The summed E-state index contributed by atoms with van der Waals surface area (Å²) in [4.78, 5) is 11.2. The highest BCUT2D eigenvalue weighted by molar-refractivity contribution is 7.89. The lowest BCUT2D eigenvalue weighted by molar-refractivity contribution is -0.122. The predicted octanol–water partition coefficient (Wildman–Crippen LogP) is 0.395. The number of hydrogen-bond donors (Lipinski definition) is 3. The number of hydrazine groups is 1. The van der Waals surface area contributed by atoms with Crippen molar-refractivity contribution < 1.29 is 17.9 Å². The van der Waals surface area contributed by atoms with Crippen molar-refractivity contribution in [2.24, 2.45) is 5.84 Å². The molecule has 112 valence electrons. The molecule has 0 heterocycles. The fourth-order valence-electron chi connectivity index (χ4n) is 1.40. The smallest absolute Gasteiger partial charge is 0.251 e. The summed E-state index contributed by atoms with van der Waals surface area (Å²) in [7, 11) is -3.88. The van der Waals surface area contributed by atoms with Crippen LogP contribution < -0.4 is 20.7 Å². The second kappa shape index (κ2) is 6.89. The maximum atomic E-state index is 12.1. The van der Waals surface area contributed by atoms with E-state index in [1.807, 2.05) is 5.43 Å². The lowest BCUT2D eigenvalue weighted by Crippen LogP contribution is -2.47. The maximum absolute atomic E-state index is 12.1. The van der Waals surface area contributed by atoms with Gasteiger partial charge in [0.1, 0.15) is 5.75 Å². The minimum Gasteiger partial charge on any atom is -0.492 e. The molecule has 0 saturated heterocycles. The van der Waals surface area contributed by atoms with E-state index >= 15 is 0 Å². The molecule has 20 heavy (non-hydrogen) atoms. The Hall–Kier alpha value is -1.35. The number of hydrogen-bond acceptors (Lipinski definition) is 5. The standard InChI is InChI=1S/C11H16ClN3O4S/c1-3-19-10-5-4-8(6-9(10)12)20(17,18)15-7(2)11(16)14-13/h4-7,15H,3,13H2,1-2H3,(H,14,16)/t7-/m1/s1. The van der Waals surface area contributed by atoms with E-state index < -0.39 is 22.0 Å². The summed E-state index contributed by atoms with van der Waals surface area (Å²) in [6.07, 6.45) is 0. The van der Waals surface area contributed by atoms with Crippen LogP contribution in [0.3, 0.4) is 0 Å². The molecule has 0 aromatic heterocycles. The quantitative estimate of drug-likeness (QED) is 0.399. The fourth-order valence-corrected chi connectivity index (χ4v) is 2.93. The predicted molar refractivity (Wildman–Crippen MR) is 74.7 cm³/mol. The molecule has 4 N–H and O–H groups in total. The van der Waals surface area contributed by atoms with Crippen molar-refractivity contribution in [3.63, 3.8) is 0 Å². The average molecular weight is 322 g/mol. The van der Waals surface area contributed by atoms with Gasteiger partial charge in [-0.15, -0.1) is 0 Å². The van der Waals surface area contributed by atoms with Gasteiger partial charge >= 0.3 is 0 Å². The molecular formula is C11H16ClN3O4S. The molecule has 0 fully saturated rings. The van der Waals surface area contributed by atoms with Crippen molar-refractivity contribution >= 4 is 27.5 Å². The third kappa shape index (κ3) is 4.07. The molecule has 0 spiro atoms. The molecule has 1 aromatic rings. The first-order chi connectivity index (χ1) is 9.31. The van der Waals surface area contributed by atoms with Crippen LogP contribution in [0.15, 0.2) is 23.1 Å².